The van der Waals surface area contributed by atoms with Gasteiger partial charge in [0, 0.05) is 19.0 Å². The molecule has 0 spiro atoms. The van der Waals surface area contributed by atoms with Gasteiger partial charge >= 0.3 is 0 Å². The highest BCUT2D eigenvalue weighted by molar-refractivity contribution is 7.80. The topological polar surface area (TPSA) is 78.7 Å². The van der Waals surface area contributed by atoms with Gasteiger partial charge in [0.2, 0.25) is 0 Å². The van der Waals surface area contributed by atoms with Crippen molar-refractivity contribution in [2.45, 2.75) is 0 Å². The van der Waals surface area contributed by atoms with Crippen LogP contribution in [0.1, 0.15) is 5.56 Å². The number of pyridine rings is 1. The number of fused-ring (bicyclic) bond motifs is 1. The maximum absolute atomic E-state index is 12.3. The fraction of sp³-hybridized carbons (Fsp3) is 0.133. The van der Waals surface area contributed by atoms with Crippen molar-refractivity contribution < 1.29 is 5.11 Å². The van der Waals surface area contributed by atoms with Gasteiger partial charge in [-0.15, -0.1) is 6.58 Å². The summed E-state index contributed by atoms with van der Waals surface area (Å²) in [6.45, 7) is 4.06. The number of aromatic nitrogens is 1. The van der Waals surface area contributed by atoms with Gasteiger partial charge in [0.05, 0.1) is 11.7 Å². The van der Waals surface area contributed by atoms with Crippen molar-refractivity contribution in [2.75, 3.05) is 6.54 Å². The Labute approximate surface area is 132 Å². The number of nitrogens with one attached hydrogen (secondary N) is 2. The largest absolute Gasteiger partial charge is 0.506 e. The molecule has 2 aromatic rings. The fourth-order valence-electron chi connectivity index (χ4n) is 1.98. The van der Waals surface area contributed by atoms with Gasteiger partial charge in [-0.05, 0) is 24.4 Å². The third-order valence-electron chi connectivity index (χ3n) is 3.08. The summed E-state index contributed by atoms with van der Waals surface area (Å²) in [6, 6.07) is 7.11. The zero-order valence-corrected chi connectivity index (χ0v) is 12.9. The first-order valence-corrected chi connectivity index (χ1v) is 6.95. The molecule has 1 aromatic heterocycles. The van der Waals surface area contributed by atoms with Crippen LogP contribution >= 0.6 is 12.2 Å². The summed E-state index contributed by atoms with van der Waals surface area (Å²) in [5, 5.41) is 17.9. The second-order valence-electron chi connectivity index (χ2n) is 4.51. The quantitative estimate of drug-likeness (QED) is 0.342. The predicted molar refractivity (Wildman–Crippen MR) is 92.4 cm³/mol. The van der Waals surface area contributed by atoms with Crippen LogP contribution in [0.15, 0.2) is 46.8 Å². The maximum Gasteiger partial charge on any atom is 0.263 e. The number of rotatable bonds is 4. The summed E-state index contributed by atoms with van der Waals surface area (Å²) in [5.74, 6) is -0.103. The third kappa shape index (κ3) is 3.15. The van der Waals surface area contributed by atoms with E-state index in [4.69, 9.17) is 12.2 Å². The molecule has 0 amide bonds. The lowest BCUT2D eigenvalue weighted by molar-refractivity contribution is 0.478. The lowest BCUT2D eigenvalue weighted by Gasteiger charge is -2.09. The van der Waals surface area contributed by atoms with E-state index in [2.05, 4.69) is 22.4 Å². The van der Waals surface area contributed by atoms with Gasteiger partial charge in [-0.2, -0.15) is 5.10 Å². The second-order valence-corrected chi connectivity index (χ2v) is 4.92. The SMILES string of the molecule is C=CCNC(=S)NN=Cc1c(O)c2ccccc2n(C)c1=O. The van der Waals surface area contributed by atoms with Gasteiger partial charge in [0.25, 0.3) is 5.56 Å². The molecule has 0 aliphatic rings. The second kappa shape index (κ2) is 6.86. The molecule has 2 rings (SSSR count). The summed E-state index contributed by atoms with van der Waals surface area (Å²) in [4.78, 5) is 12.3. The van der Waals surface area contributed by atoms with Crippen LogP contribution in [0, 0.1) is 0 Å². The molecule has 6 nitrogen and oxygen atoms in total. The van der Waals surface area contributed by atoms with Gasteiger partial charge in [-0.3, -0.25) is 10.2 Å². The van der Waals surface area contributed by atoms with E-state index in [1.165, 1.54) is 10.8 Å². The summed E-state index contributed by atoms with van der Waals surface area (Å²) in [5.41, 5.74) is 2.98. The molecule has 114 valence electrons. The fourth-order valence-corrected chi connectivity index (χ4v) is 2.12. The van der Waals surface area contributed by atoms with Crippen molar-refractivity contribution in [3.8, 4) is 5.75 Å². The minimum atomic E-state index is -0.341. The maximum atomic E-state index is 12.3. The first-order valence-electron chi connectivity index (χ1n) is 6.54. The molecule has 0 saturated carbocycles. The highest BCUT2D eigenvalue weighted by Crippen LogP contribution is 2.24. The molecule has 0 saturated heterocycles. The normalized spacial score (nSPS) is 10.8. The van der Waals surface area contributed by atoms with Crippen LogP contribution in [0.3, 0.4) is 0 Å². The van der Waals surface area contributed by atoms with Crippen LogP contribution in [0.5, 0.6) is 5.75 Å². The van der Waals surface area contributed by atoms with Gasteiger partial charge < -0.3 is 15.0 Å². The van der Waals surface area contributed by atoms with E-state index < -0.39 is 0 Å². The summed E-state index contributed by atoms with van der Waals surface area (Å²) >= 11 is 4.97. The first-order chi connectivity index (χ1) is 10.6. The van der Waals surface area contributed by atoms with E-state index in [-0.39, 0.29) is 16.9 Å². The summed E-state index contributed by atoms with van der Waals surface area (Å²) in [6.07, 6.45) is 2.91. The van der Waals surface area contributed by atoms with Crippen molar-refractivity contribution >= 4 is 34.4 Å². The molecule has 0 radical (unpaired) electrons. The third-order valence-corrected chi connectivity index (χ3v) is 3.31. The highest BCUT2D eigenvalue weighted by atomic mass is 32.1. The Hall–Kier alpha value is -2.67. The molecular formula is C15H16N4O2S. The number of benzene rings is 1. The molecule has 7 heteroatoms. The monoisotopic (exact) mass is 316 g/mol. The summed E-state index contributed by atoms with van der Waals surface area (Å²) < 4.78 is 1.46. The Bertz CT molecular complexity index is 811. The smallest absolute Gasteiger partial charge is 0.263 e. The van der Waals surface area contributed by atoms with Crippen LogP contribution in [-0.2, 0) is 7.05 Å². The first kappa shape index (κ1) is 15.7. The Morgan fingerprint density at radius 3 is 2.95 bits per heavy atom. The Kier molecular flexibility index (Phi) is 4.90. The van der Waals surface area contributed by atoms with Crippen LogP contribution in [0.2, 0.25) is 0 Å². The molecule has 0 aliphatic carbocycles. The molecule has 0 unspecified atom stereocenters. The van der Waals surface area contributed by atoms with Gasteiger partial charge in [0.1, 0.15) is 11.3 Å². The molecular weight excluding hydrogens is 300 g/mol. The zero-order valence-electron chi connectivity index (χ0n) is 12.0. The minimum Gasteiger partial charge on any atom is -0.506 e. The number of aryl methyl sites for hydroxylation is 1. The van der Waals surface area contributed by atoms with E-state index in [0.717, 1.165) is 0 Å². The van der Waals surface area contributed by atoms with E-state index >= 15 is 0 Å². The van der Waals surface area contributed by atoms with E-state index in [9.17, 15) is 9.90 Å². The van der Waals surface area contributed by atoms with Crippen LogP contribution in [0.25, 0.3) is 10.9 Å². The number of hydrogen-bond acceptors (Lipinski definition) is 4. The van der Waals surface area contributed by atoms with Gasteiger partial charge in [-0.25, -0.2) is 0 Å². The van der Waals surface area contributed by atoms with Crippen molar-refractivity contribution in [2.24, 2.45) is 12.1 Å². The standard InChI is InChI=1S/C15H16N4O2S/c1-3-8-16-15(22)18-17-9-11-13(20)10-6-4-5-7-12(10)19(2)14(11)21/h3-7,9,20H,1,8H2,2H3,(H2,16,18,22). The van der Waals surface area contributed by atoms with E-state index in [1.807, 2.05) is 0 Å². The Morgan fingerprint density at radius 1 is 1.50 bits per heavy atom. The minimum absolute atomic E-state index is 0.0974. The number of thiocarbonyl (C=S) groups is 1. The molecule has 1 aromatic carbocycles. The number of para-hydroxylation sites is 1. The van der Waals surface area contributed by atoms with Gasteiger partial charge in [-0.1, -0.05) is 18.2 Å². The van der Waals surface area contributed by atoms with E-state index in [0.29, 0.717) is 22.6 Å². The van der Waals surface area contributed by atoms with Crippen molar-refractivity contribution in [3.05, 3.63) is 52.8 Å². The molecule has 22 heavy (non-hydrogen) atoms. The lowest BCUT2D eigenvalue weighted by atomic mass is 10.1. The molecule has 1 heterocycles. The number of nitrogens with zero attached hydrogens (tertiary/aromatic N) is 2. The lowest BCUT2D eigenvalue weighted by Crippen LogP contribution is -2.32. The molecule has 0 atom stereocenters. The average molecular weight is 316 g/mol. The Morgan fingerprint density at radius 2 is 2.23 bits per heavy atom. The number of hydrazone groups is 1. The molecule has 0 aliphatic heterocycles. The number of hydrogen-bond donors (Lipinski definition) is 3. The van der Waals surface area contributed by atoms with E-state index in [1.54, 1.807) is 37.4 Å². The highest BCUT2D eigenvalue weighted by Gasteiger charge is 2.12. The van der Waals surface area contributed by atoms with Crippen LogP contribution in [-0.4, -0.2) is 27.5 Å². The summed E-state index contributed by atoms with van der Waals surface area (Å²) in [7, 11) is 1.64. The zero-order chi connectivity index (χ0) is 16.1. The predicted octanol–water partition coefficient (Wildman–Crippen LogP) is 1.23. The van der Waals surface area contributed by atoms with Crippen molar-refractivity contribution in [1.29, 1.82) is 0 Å². The molecule has 3 N–H and O–H groups in total. The molecule has 0 bridgehead atoms. The number of aromatic hydroxyl groups is 1. The Balaban J connectivity index is 2.34. The average Bonchev–Trinajstić information content (AvgIpc) is 2.54. The van der Waals surface area contributed by atoms with Crippen LogP contribution in [0.4, 0.5) is 0 Å². The van der Waals surface area contributed by atoms with Crippen molar-refractivity contribution in [1.82, 2.24) is 15.3 Å². The van der Waals surface area contributed by atoms with Gasteiger partial charge in [0.15, 0.2) is 5.11 Å². The van der Waals surface area contributed by atoms with Crippen molar-refractivity contribution in [3.63, 3.8) is 0 Å². The molecule has 0 fully saturated rings. The van der Waals surface area contributed by atoms with Crippen LogP contribution < -0.4 is 16.3 Å².